The molecular formula is C6H11N5O4S. The molecule has 1 rings (SSSR count). The number of nitrogens with one attached hydrogen (secondary N) is 3. The van der Waals surface area contributed by atoms with Crippen molar-refractivity contribution < 1.29 is 17.9 Å². The molecule has 0 saturated carbocycles. The monoisotopic (exact) mass is 249 g/mol. The van der Waals surface area contributed by atoms with E-state index in [0.717, 1.165) is 0 Å². The summed E-state index contributed by atoms with van der Waals surface area (Å²) in [4.78, 5) is 10.9. The lowest BCUT2D eigenvalue weighted by atomic mass is 10.6. The van der Waals surface area contributed by atoms with Crippen LogP contribution >= 0.6 is 0 Å². The number of carbonyl (C=O) groups excluding carboxylic acids is 1. The molecule has 0 aromatic carbocycles. The molecule has 1 heterocycles. The molecule has 16 heavy (non-hydrogen) atoms. The number of aromatic amines is 1. The maximum absolute atomic E-state index is 11.3. The van der Waals surface area contributed by atoms with E-state index < -0.39 is 16.3 Å². The van der Waals surface area contributed by atoms with Gasteiger partial charge in [-0.1, -0.05) is 0 Å². The van der Waals surface area contributed by atoms with Gasteiger partial charge in [0, 0.05) is 0 Å². The number of carbonyl (C=O) groups is 1. The first-order valence-corrected chi connectivity index (χ1v) is 5.69. The van der Waals surface area contributed by atoms with Crippen molar-refractivity contribution in [2.45, 2.75) is 6.92 Å². The van der Waals surface area contributed by atoms with E-state index in [1.807, 2.05) is 4.72 Å². The zero-order chi connectivity index (χ0) is 12.2. The van der Waals surface area contributed by atoms with Gasteiger partial charge in [-0.2, -0.15) is 13.5 Å². The molecule has 0 aliphatic rings. The van der Waals surface area contributed by atoms with Crippen LogP contribution in [-0.2, 0) is 14.9 Å². The maximum Gasteiger partial charge on any atom is 0.422 e. The summed E-state index contributed by atoms with van der Waals surface area (Å²) in [5, 5.41) is 5.81. The lowest BCUT2D eigenvalue weighted by Crippen LogP contribution is -2.36. The predicted molar refractivity (Wildman–Crippen MR) is 55.7 cm³/mol. The van der Waals surface area contributed by atoms with Gasteiger partial charge in [-0.15, -0.1) is 0 Å². The van der Waals surface area contributed by atoms with Crippen LogP contribution in [0.25, 0.3) is 0 Å². The zero-order valence-electron chi connectivity index (χ0n) is 8.35. The number of hydrogen-bond donors (Lipinski definition) is 4. The molecule has 1 aromatic heterocycles. The number of aromatic nitrogens is 2. The van der Waals surface area contributed by atoms with Gasteiger partial charge < -0.3 is 10.5 Å². The number of anilines is 2. The van der Waals surface area contributed by atoms with Crippen LogP contribution in [0.3, 0.4) is 0 Å². The van der Waals surface area contributed by atoms with Gasteiger partial charge in [0.05, 0.1) is 18.5 Å². The third kappa shape index (κ3) is 3.31. The van der Waals surface area contributed by atoms with Gasteiger partial charge in [0.25, 0.3) is 0 Å². The molecule has 0 atom stereocenters. The number of ether oxygens (including phenoxy) is 1. The summed E-state index contributed by atoms with van der Waals surface area (Å²) in [7, 11) is -4.07. The minimum Gasteiger partial charge on any atom is -0.449 e. The molecule has 9 nitrogen and oxygen atoms in total. The molecule has 0 bridgehead atoms. The Kier molecular flexibility index (Phi) is 3.55. The van der Waals surface area contributed by atoms with Crippen LogP contribution in [0.5, 0.6) is 0 Å². The topological polar surface area (TPSA) is 139 Å². The van der Waals surface area contributed by atoms with Crippen molar-refractivity contribution in [3.05, 3.63) is 6.20 Å². The number of hydrogen-bond acceptors (Lipinski definition) is 6. The summed E-state index contributed by atoms with van der Waals surface area (Å²) < 4.78 is 30.6. The molecule has 1 aromatic rings. The van der Waals surface area contributed by atoms with Gasteiger partial charge >= 0.3 is 16.3 Å². The van der Waals surface area contributed by atoms with Crippen LogP contribution in [0.2, 0.25) is 0 Å². The van der Waals surface area contributed by atoms with Gasteiger partial charge in [0.1, 0.15) is 0 Å². The van der Waals surface area contributed by atoms with Crippen molar-refractivity contribution in [1.29, 1.82) is 0 Å². The van der Waals surface area contributed by atoms with Crippen LogP contribution in [0.15, 0.2) is 6.20 Å². The zero-order valence-corrected chi connectivity index (χ0v) is 9.17. The normalized spacial score (nSPS) is 10.8. The summed E-state index contributed by atoms with van der Waals surface area (Å²) in [5.41, 5.74) is 5.48. The molecular weight excluding hydrogens is 238 g/mol. The lowest BCUT2D eigenvalue weighted by Gasteiger charge is -2.07. The van der Waals surface area contributed by atoms with Crippen LogP contribution in [0.4, 0.5) is 16.3 Å². The van der Waals surface area contributed by atoms with Gasteiger partial charge in [0.15, 0.2) is 5.82 Å². The van der Waals surface area contributed by atoms with E-state index in [1.54, 1.807) is 11.6 Å². The van der Waals surface area contributed by atoms with E-state index in [2.05, 4.69) is 14.9 Å². The van der Waals surface area contributed by atoms with Crippen molar-refractivity contribution in [3.8, 4) is 0 Å². The molecule has 0 aliphatic carbocycles. The Balaban J connectivity index is 2.66. The Morgan fingerprint density at radius 2 is 2.38 bits per heavy atom. The average molecular weight is 249 g/mol. The molecule has 0 unspecified atom stereocenters. The summed E-state index contributed by atoms with van der Waals surface area (Å²) in [6.07, 6.45) is 0.149. The van der Waals surface area contributed by atoms with E-state index in [0.29, 0.717) is 0 Å². The first-order chi connectivity index (χ1) is 7.44. The van der Waals surface area contributed by atoms with Gasteiger partial charge in [0.2, 0.25) is 0 Å². The predicted octanol–water partition coefficient (Wildman–Crippen LogP) is -0.605. The number of amides is 1. The van der Waals surface area contributed by atoms with Crippen LogP contribution in [0, 0.1) is 0 Å². The van der Waals surface area contributed by atoms with Gasteiger partial charge in [-0.05, 0) is 6.92 Å². The number of H-pyrrole nitrogens is 1. The van der Waals surface area contributed by atoms with Crippen LogP contribution in [-0.4, -0.2) is 31.3 Å². The molecule has 0 fully saturated rings. The Morgan fingerprint density at radius 3 is 2.88 bits per heavy atom. The van der Waals surface area contributed by atoms with Crippen LogP contribution < -0.4 is 15.2 Å². The summed E-state index contributed by atoms with van der Waals surface area (Å²) in [6, 6.07) is 0. The number of nitrogens with zero attached hydrogens (tertiary/aromatic N) is 1. The molecule has 0 aliphatic heterocycles. The Hall–Kier alpha value is -1.97. The second kappa shape index (κ2) is 4.70. The maximum atomic E-state index is 11.3. The highest BCUT2D eigenvalue weighted by Crippen LogP contribution is 2.13. The summed E-state index contributed by atoms with van der Waals surface area (Å²) in [6.45, 7) is 1.61. The highest BCUT2D eigenvalue weighted by atomic mass is 32.2. The van der Waals surface area contributed by atoms with Crippen molar-refractivity contribution in [1.82, 2.24) is 14.9 Å². The highest BCUT2D eigenvalue weighted by molar-refractivity contribution is 7.91. The van der Waals surface area contributed by atoms with Crippen molar-refractivity contribution in [2.75, 3.05) is 17.1 Å². The fourth-order valence-electron chi connectivity index (χ4n) is 0.807. The Labute approximate surface area is 91.5 Å². The number of rotatable bonds is 4. The summed E-state index contributed by atoms with van der Waals surface area (Å²) >= 11 is 0. The van der Waals surface area contributed by atoms with Crippen LogP contribution in [0.1, 0.15) is 6.92 Å². The van der Waals surface area contributed by atoms with E-state index in [1.165, 1.54) is 6.20 Å². The molecule has 0 saturated heterocycles. The number of nitrogens with two attached hydrogens (primary N) is 1. The molecule has 10 heteroatoms. The fourth-order valence-corrected chi connectivity index (χ4v) is 1.57. The minimum atomic E-state index is -4.07. The molecule has 5 N–H and O–H groups in total. The Morgan fingerprint density at radius 1 is 1.69 bits per heavy atom. The van der Waals surface area contributed by atoms with Gasteiger partial charge in [-0.25, -0.2) is 14.2 Å². The second-order valence-corrected chi connectivity index (χ2v) is 4.04. The average Bonchev–Trinajstić information content (AvgIpc) is 2.50. The van der Waals surface area contributed by atoms with E-state index in [-0.39, 0.29) is 18.1 Å². The van der Waals surface area contributed by atoms with Crippen molar-refractivity contribution in [2.24, 2.45) is 0 Å². The fraction of sp³-hybridized carbons (Fsp3) is 0.333. The quantitative estimate of drug-likeness (QED) is 0.561. The third-order valence-electron chi connectivity index (χ3n) is 1.40. The molecule has 1 amide bonds. The standard InChI is InChI=1S/C6H11N5O4S/c1-2-15-6(12)11-16(13,14)10-5-4(7)3-8-9-5/h3H,2,7H2,1H3,(H,11,12)(H2,8,9,10). The van der Waals surface area contributed by atoms with E-state index >= 15 is 0 Å². The van der Waals surface area contributed by atoms with Crippen molar-refractivity contribution in [3.63, 3.8) is 0 Å². The van der Waals surface area contributed by atoms with E-state index in [9.17, 15) is 13.2 Å². The van der Waals surface area contributed by atoms with E-state index in [4.69, 9.17) is 5.73 Å². The SMILES string of the molecule is CCOC(=O)NS(=O)(=O)Nc1[nH]ncc1N. The first-order valence-electron chi connectivity index (χ1n) is 4.20. The molecule has 90 valence electrons. The second-order valence-electron chi connectivity index (χ2n) is 2.63. The third-order valence-corrected chi connectivity index (χ3v) is 2.31. The first kappa shape index (κ1) is 12.1. The molecule has 0 radical (unpaired) electrons. The number of nitrogen functional groups attached to an aromatic ring is 1. The molecule has 0 spiro atoms. The highest BCUT2D eigenvalue weighted by Gasteiger charge is 2.16. The largest absolute Gasteiger partial charge is 0.449 e. The minimum absolute atomic E-state index is 0.0307. The Bertz CT molecular complexity index is 467. The van der Waals surface area contributed by atoms with Crippen molar-refractivity contribution >= 4 is 27.8 Å². The van der Waals surface area contributed by atoms with Gasteiger partial charge in [-0.3, -0.25) is 5.10 Å². The lowest BCUT2D eigenvalue weighted by molar-refractivity contribution is 0.159. The summed E-state index contributed by atoms with van der Waals surface area (Å²) in [5.74, 6) is -0.0307. The smallest absolute Gasteiger partial charge is 0.422 e.